The minimum atomic E-state index is 0.985. The molecular formula is C5H28Si7. The van der Waals surface area contributed by atoms with Crippen LogP contribution in [0.1, 0.15) is 0 Å². The molecule has 12 heavy (non-hydrogen) atoms. The maximum Gasteiger partial charge on any atom is 0.00545 e. The molecular weight excluding hydrogens is 257 g/mol. The minimum Gasteiger partial charge on any atom is -0.0692 e. The minimum absolute atomic E-state index is 0.985. The van der Waals surface area contributed by atoms with E-state index in [4.69, 9.17) is 0 Å². The highest BCUT2D eigenvalue weighted by atomic mass is 28.2. The molecule has 0 aliphatic heterocycles. The van der Waals surface area contributed by atoms with Crippen molar-refractivity contribution in [2.75, 3.05) is 0 Å². The van der Waals surface area contributed by atoms with Crippen molar-refractivity contribution in [3.63, 3.8) is 0 Å². The fraction of sp³-hybridized carbons (Fsp3) is 1.00. The van der Waals surface area contributed by atoms with Crippen molar-refractivity contribution < 1.29 is 0 Å². The lowest BCUT2D eigenvalue weighted by molar-refractivity contribution is 0.963. The van der Waals surface area contributed by atoms with Gasteiger partial charge < -0.3 is 0 Å². The lowest BCUT2D eigenvalue weighted by Crippen LogP contribution is -2.10. The summed E-state index contributed by atoms with van der Waals surface area (Å²) in [5, 5.41) is 1.22. The van der Waals surface area contributed by atoms with Gasteiger partial charge in [-0.25, -0.2) is 0 Å². The van der Waals surface area contributed by atoms with Gasteiger partial charge in [-0.3, -0.25) is 0 Å². The largest absolute Gasteiger partial charge is 0.0692 e. The molecule has 7 heteroatoms. The Labute approximate surface area is 99.4 Å². The van der Waals surface area contributed by atoms with E-state index in [1.54, 1.807) is 18.1 Å². The summed E-state index contributed by atoms with van der Waals surface area (Å²) in [6.07, 6.45) is 0. The van der Waals surface area contributed by atoms with E-state index in [2.05, 4.69) is 0 Å². The van der Waals surface area contributed by atoms with Gasteiger partial charge in [-0.1, -0.05) is 28.0 Å². The quantitative estimate of drug-likeness (QED) is 0.453. The molecule has 0 aromatic heterocycles. The smallest absolute Gasteiger partial charge is 0.00545 e. The van der Waals surface area contributed by atoms with Crippen LogP contribution in [0.5, 0.6) is 0 Å². The van der Waals surface area contributed by atoms with E-state index in [0.717, 1.165) is 4.66 Å². The topological polar surface area (TPSA) is 0 Å². The van der Waals surface area contributed by atoms with Crippen molar-refractivity contribution in [3.8, 4) is 0 Å². The summed E-state index contributed by atoms with van der Waals surface area (Å²) < 4.78 is 0.985. The first kappa shape index (κ1) is 16.0. The van der Waals surface area contributed by atoms with Crippen LogP contribution in [0.25, 0.3) is 0 Å². The molecule has 0 aliphatic rings. The van der Waals surface area contributed by atoms with E-state index in [-0.39, 0.29) is 0 Å². The van der Waals surface area contributed by atoms with Gasteiger partial charge in [0.2, 0.25) is 0 Å². The van der Waals surface area contributed by atoms with Crippen LogP contribution in [-0.4, -0.2) is 71.7 Å². The van der Waals surface area contributed by atoms with E-state index < -0.39 is 0 Å². The summed E-state index contributed by atoms with van der Waals surface area (Å²) in [6, 6.07) is 4.75. The van der Waals surface area contributed by atoms with Crippen molar-refractivity contribution >= 4 is 71.7 Å². The molecule has 0 aromatic carbocycles. The molecule has 0 saturated carbocycles. The van der Waals surface area contributed by atoms with Crippen molar-refractivity contribution in [3.05, 3.63) is 0 Å². The predicted molar refractivity (Wildman–Crippen MR) is 90.4 cm³/mol. The molecule has 0 fully saturated rings. The maximum atomic E-state index is 1.59. The Hall–Kier alpha value is 1.52. The molecule has 0 bridgehead atoms. The molecule has 0 rings (SSSR count). The van der Waals surface area contributed by atoms with Gasteiger partial charge >= 0.3 is 0 Å². The van der Waals surface area contributed by atoms with Gasteiger partial charge in [-0.2, -0.15) is 0 Å². The summed E-state index contributed by atoms with van der Waals surface area (Å²) in [5.41, 5.74) is 0. The molecule has 0 heterocycles. The maximum absolute atomic E-state index is 1.59. The van der Waals surface area contributed by atoms with Crippen LogP contribution in [0.2, 0.25) is 28.0 Å². The van der Waals surface area contributed by atoms with Crippen molar-refractivity contribution in [1.29, 1.82) is 0 Å². The average Bonchev–Trinajstić information content (AvgIpc) is 2.05. The number of rotatable bonds is 3. The van der Waals surface area contributed by atoms with Crippen LogP contribution >= 0.6 is 0 Å². The predicted octanol–water partition coefficient (Wildman–Crippen LogP) is -6.35. The Morgan fingerprint density at radius 3 is 1.17 bits per heavy atom. The molecule has 76 valence electrons. The standard InChI is InChI=1S/C3H16Si4.C2H12Si3/c4-1-3(6,7)2-5;3-1-2(4)5/h1-2H2,4-7H3;2H,1H2,3-5H3. The van der Waals surface area contributed by atoms with Crippen LogP contribution in [0.4, 0.5) is 0 Å². The Bertz CT molecular complexity index is 85.8. The van der Waals surface area contributed by atoms with Crippen LogP contribution in [0.15, 0.2) is 0 Å². The molecule has 0 radical (unpaired) electrons. The molecule has 0 atom stereocenters. The van der Waals surface area contributed by atoms with Crippen LogP contribution < -0.4 is 0 Å². The first-order chi connectivity index (χ1) is 5.39. The van der Waals surface area contributed by atoms with E-state index in [9.17, 15) is 0 Å². The van der Waals surface area contributed by atoms with Crippen LogP contribution in [0.3, 0.4) is 0 Å². The summed E-state index contributed by atoms with van der Waals surface area (Å²) in [6.45, 7) is 0. The molecule has 0 saturated heterocycles. The molecule has 0 aromatic rings. The number of hydrogen-bond acceptors (Lipinski definition) is 0. The zero-order valence-corrected chi connectivity index (χ0v) is 24.2. The van der Waals surface area contributed by atoms with Gasteiger partial charge in [-0.15, -0.1) is 0 Å². The zero-order chi connectivity index (χ0) is 10.2. The molecule has 0 N–H and O–H groups in total. The third kappa shape index (κ3) is 14.1. The second-order valence-electron chi connectivity index (χ2n) is 4.67. The highest BCUT2D eigenvalue weighted by Crippen LogP contribution is 2.22. The summed E-state index contributed by atoms with van der Waals surface area (Å²) in [5.74, 6) is 0. The Morgan fingerprint density at radius 2 is 1.17 bits per heavy atom. The third-order valence-electron chi connectivity index (χ3n) is 2.73. The third-order valence-corrected chi connectivity index (χ3v) is 21.6. The fourth-order valence-electron chi connectivity index (χ4n) is 0.250. The molecule has 0 aliphatic carbocycles. The molecule has 0 amide bonds. The van der Waals surface area contributed by atoms with Crippen LogP contribution in [-0.2, 0) is 0 Å². The lowest BCUT2D eigenvalue weighted by Gasteiger charge is -2.18. The van der Waals surface area contributed by atoms with Crippen LogP contribution in [0, 0.1) is 0 Å². The monoisotopic (exact) mass is 284 g/mol. The first-order valence-corrected chi connectivity index (χ1v) is 13.9. The average molecular weight is 285 g/mol. The summed E-state index contributed by atoms with van der Waals surface area (Å²) in [4.78, 5) is 0. The summed E-state index contributed by atoms with van der Waals surface area (Å²) in [7, 11) is 10.2. The highest BCUT2D eigenvalue weighted by Gasteiger charge is 2.09. The second-order valence-corrected chi connectivity index (χ2v) is 20.0. The van der Waals surface area contributed by atoms with Crippen molar-refractivity contribution in [1.82, 2.24) is 0 Å². The Kier molecular flexibility index (Phi) is 12.1. The number of hydrogen-bond donors (Lipinski definition) is 0. The fourth-order valence-corrected chi connectivity index (χ4v) is 2.25. The Balaban J connectivity index is 0. The van der Waals surface area contributed by atoms with Gasteiger partial charge in [0.25, 0.3) is 0 Å². The second kappa shape index (κ2) is 9.09. The molecule has 0 nitrogen and oxygen atoms in total. The zero-order valence-electron chi connectivity index (χ0n) is 10.2. The van der Waals surface area contributed by atoms with E-state index >= 15 is 0 Å². The normalized spacial score (nSPS) is 19.0. The van der Waals surface area contributed by atoms with E-state index in [1.807, 2.05) is 0 Å². The Morgan fingerprint density at radius 1 is 0.917 bits per heavy atom. The molecule has 0 spiro atoms. The van der Waals surface area contributed by atoms with Gasteiger partial charge in [0.05, 0.1) is 0 Å². The highest BCUT2D eigenvalue weighted by molar-refractivity contribution is 6.45. The first-order valence-electron chi connectivity index (χ1n) is 5.39. The van der Waals surface area contributed by atoms with Crippen molar-refractivity contribution in [2.45, 2.75) is 28.0 Å². The van der Waals surface area contributed by atoms with E-state index in [1.165, 1.54) is 76.9 Å². The van der Waals surface area contributed by atoms with Gasteiger partial charge in [0.15, 0.2) is 0 Å². The SMILES string of the molecule is [SiH3]CC([SiH3])([SiH3])C[SiH3].[SiH3]CC([SiH3])[SiH3]. The van der Waals surface area contributed by atoms with Gasteiger partial charge in [-0.05, 0) is 0 Å². The van der Waals surface area contributed by atoms with Gasteiger partial charge in [0, 0.05) is 71.7 Å². The lowest BCUT2D eigenvalue weighted by atomic mass is 10.5. The van der Waals surface area contributed by atoms with Crippen molar-refractivity contribution in [2.24, 2.45) is 0 Å². The van der Waals surface area contributed by atoms with Gasteiger partial charge in [0.1, 0.15) is 0 Å². The molecule has 0 unspecified atom stereocenters. The summed E-state index contributed by atoms with van der Waals surface area (Å²) >= 11 is 0. The van der Waals surface area contributed by atoms with E-state index in [0.29, 0.717) is 0 Å².